The number of hydrogen-bond donors (Lipinski definition) is 0. The Kier molecular flexibility index (Phi) is 2.22. The Labute approximate surface area is 66.3 Å². The molecule has 0 radical (unpaired) electrons. The first-order chi connectivity index (χ1) is 5.19. The molecule has 1 unspecified atom stereocenters. The highest BCUT2D eigenvalue weighted by Crippen LogP contribution is 2.35. The molecule has 0 bridgehead atoms. The SMILES string of the molecule is CC1(/C=C/C=O)CCCC1=O. The Bertz CT molecular complexity index is 206. The average molecular weight is 152 g/mol. The molecule has 0 spiro atoms. The zero-order chi connectivity index (χ0) is 8.32. The molecule has 0 aliphatic heterocycles. The van der Waals surface area contributed by atoms with Crippen LogP contribution in [-0.2, 0) is 9.59 Å². The van der Waals surface area contributed by atoms with Crippen LogP contribution in [0, 0.1) is 5.41 Å². The van der Waals surface area contributed by atoms with Crippen LogP contribution in [0.4, 0.5) is 0 Å². The fourth-order valence-electron chi connectivity index (χ4n) is 1.47. The molecule has 0 heterocycles. The minimum atomic E-state index is -0.346. The first-order valence-corrected chi connectivity index (χ1v) is 3.85. The van der Waals surface area contributed by atoms with Crippen LogP contribution >= 0.6 is 0 Å². The molecule has 0 aromatic heterocycles. The van der Waals surface area contributed by atoms with Crippen molar-refractivity contribution in [2.75, 3.05) is 0 Å². The van der Waals surface area contributed by atoms with E-state index in [9.17, 15) is 9.59 Å². The van der Waals surface area contributed by atoms with Crippen molar-refractivity contribution >= 4 is 12.1 Å². The van der Waals surface area contributed by atoms with E-state index in [1.165, 1.54) is 6.08 Å². The molecule has 0 N–H and O–H groups in total. The first-order valence-electron chi connectivity index (χ1n) is 3.85. The highest BCUT2D eigenvalue weighted by atomic mass is 16.1. The monoisotopic (exact) mass is 152 g/mol. The van der Waals surface area contributed by atoms with Crippen LogP contribution in [0.2, 0.25) is 0 Å². The summed E-state index contributed by atoms with van der Waals surface area (Å²) in [5, 5.41) is 0. The summed E-state index contributed by atoms with van der Waals surface area (Å²) in [4.78, 5) is 21.2. The summed E-state index contributed by atoms with van der Waals surface area (Å²) in [5.41, 5.74) is -0.346. The van der Waals surface area contributed by atoms with E-state index in [1.807, 2.05) is 6.92 Å². The van der Waals surface area contributed by atoms with Crippen LogP contribution in [0.1, 0.15) is 26.2 Å². The van der Waals surface area contributed by atoms with Crippen molar-refractivity contribution in [2.45, 2.75) is 26.2 Å². The Morgan fingerprint density at radius 1 is 1.55 bits per heavy atom. The van der Waals surface area contributed by atoms with Crippen molar-refractivity contribution in [2.24, 2.45) is 5.41 Å². The third-order valence-electron chi connectivity index (χ3n) is 2.28. The van der Waals surface area contributed by atoms with Crippen molar-refractivity contribution in [3.63, 3.8) is 0 Å². The molecule has 2 heteroatoms. The van der Waals surface area contributed by atoms with Crippen LogP contribution in [0.25, 0.3) is 0 Å². The topological polar surface area (TPSA) is 34.1 Å². The largest absolute Gasteiger partial charge is 0.299 e. The number of rotatable bonds is 2. The molecule has 1 aliphatic carbocycles. The van der Waals surface area contributed by atoms with Gasteiger partial charge in [-0.05, 0) is 25.8 Å². The second kappa shape index (κ2) is 2.99. The maximum Gasteiger partial charge on any atom is 0.142 e. The zero-order valence-corrected chi connectivity index (χ0v) is 6.67. The number of ketones is 1. The molecule has 2 nitrogen and oxygen atoms in total. The van der Waals surface area contributed by atoms with Gasteiger partial charge < -0.3 is 0 Å². The number of Topliss-reactive ketones (excluding diaryl/α,β-unsaturated/α-hetero) is 1. The van der Waals surface area contributed by atoms with Gasteiger partial charge in [0.05, 0.1) is 0 Å². The minimum absolute atomic E-state index is 0.260. The van der Waals surface area contributed by atoms with Gasteiger partial charge in [-0.15, -0.1) is 0 Å². The van der Waals surface area contributed by atoms with E-state index < -0.39 is 0 Å². The van der Waals surface area contributed by atoms with Crippen molar-refractivity contribution in [3.8, 4) is 0 Å². The highest BCUT2D eigenvalue weighted by Gasteiger charge is 2.34. The van der Waals surface area contributed by atoms with Gasteiger partial charge in [0.25, 0.3) is 0 Å². The molecule has 1 atom stereocenters. The lowest BCUT2D eigenvalue weighted by molar-refractivity contribution is -0.122. The van der Waals surface area contributed by atoms with E-state index in [-0.39, 0.29) is 11.2 Å². The molecule has 1 fully saturated rings. The lowest BCUT2D eigenvalue weighted by Crippen LogP contribution is -2.17. The number of hydrogen-bond acceptors (Lipinski definition) is 2. The fourth-order valence-corrected chi connectivity index (χ4v) is 1.47. The van der Waals surface area contributed by atoms with Crippen LogP contribution in [0.5, 0.6) is 0 Å². The van der Waals surface area contributed by atoms with E-state index >= 15 is 0 Å². The van der Waals surface area contributed by atoms with Gasteiger partial charge in [-0.1, -0.05) is 6.08 Å². The highest BCUT2D eigenvalue weighted by molar-refractivity contribution is 5.88. The summed E-state index contributed by atoms with van der Waals surface area (Å²) in [7, 11) is 0. The predicted octanol–water partition coefficient (Wildman–Crippen LogP) is 1.50. The van der Waals surface area contributed by atoms with Gasteiger partial charge in [0.2, 0.25) is 0 Å². The third kappa shape index (κ3) is 1.56. The molecule has 60 valence electrons. The fraction of sp³-hybridized carbons (Fsp3) is 0.556. The van der Waals surface area contributed by atoms with Crippen molar-refractivity contribution in [3.05, 3.63) is 12.2 Å². The molecular weight excluding hydrogens is 140 g/mol. The number of allylic oxidation sites excluding steroid dienone is 2. The Morgan fingerprint density at radius 2 is 2.27 bits per heavy atom. The van der Waals surface area contributed by atoms with Crippen LogP contribution in [0.3, 0.4) is 0 Å². The molecule has 0 amide bonds. The van der Waals surface area contributed by atoms with Crippen molar-refractivity contribution in [1.82, 2.24) is 0 Å². The summed E-state index contributed by atoms with van der Waals surface area (Å²) in [5.74, 6) is 0.260. The second-order valence-electron chi connectivity index (χ2n) is 3.19. The van der Waals surface area contributed by atoms with Crippen LogP contribution in [0.15, 0.2) is 12.2 Å². The normalized spacial score (nSPS) is 31.5. The summed E-state index contributed by atoms with van der Waals surface area (Å²) >= 11 is 0. The molecule has 0 aromatic rings. The lowest BCUT2D eigenvalue weighted by Gasteiger charge is -2.14. The predicted molar refractivity (Wildman–Crippen MR) is 42.2 cm³/mol. The minimum Gasteiger partial charge on any atom is -0.299 e. The van der Waals surface area contributed by atoms with Gasteiger partial charge in [-0.2, -0.15) is 0 Å². The van der Waals surface area contributed by atoms with E-state index in [1.54, 1.807) is 6.08 Å². The van der Waals surface area contributed by atoms with E-state index in [2.05, 4.69) is 0 Å². The summed E-state index contributed by atoms with van der Waals surface area (Å²) in [6.45, 7) is 1.89. The van der Waals surface area contributed by atoms with Gasteiger partial charge in [-0.3, -0.25) is 9.59 Å². The molecule has 11 heavy (non-hydrogen) atoms. The number of carbonyl (C=O) groups excluding carboxylic acids is 2. The van der Waals surface area contributed by atoms with E-state index in [0.29, 0.717) is 6.42 Å². The first kappa shape index (κ1) is 8.18. The van der Waals surface area contributed by atoms with Gasteiger partial charge in [0.15, 0.2) is 0 Å². The Hall–Kier alpha value is -0.920. The maximum atomic E-state index is 11.2. The quantitative estimate of drug-likeness (QED) is 0.444. The Morgan fingerprint density at radius 3 is 2.73 bits per heavy atom. The molecule has 1 aliphatic rings. The molecular formula is C9H12O2. The van der Waals surface area contributed by atoms with Crippen LogP contribution in [-0.4, -0.2) is 12.1 Å². The number of aldehydes is 1. The van der Waals surface area contributed by atoms with E-state index in [0.717, 1.165) is 19.1 Å². The third-order valence-corrected chi connectivity index (χ3v) is 2.28. The van der Waals surface area contributed by atoms with Crippen molar-refractivity contribution < 1.29 is 9.59 Å². The van der Waals surface area contributed by atoms with Gasteiger partial charge in [0, 0.05) is 11.8 Å². The standard InChI is InChI=1S/C9H12O2/c1-9(6-3-7-10)5-2-4-8(9)11/h3,6-7H,2,4-5H2,1H3/b6-3+. The molecule has 1 rings (SSSR count). The summed E-state index contributed by atoms with van der Waals surface area (Å²) in [6, 6.07) is 0. The molecule has 0 aromatic carbocycles. The van der Waals surface area contributed by atoms with Crippen molar-refractivity contribution in [1.29, 1.82) is 0 Å². The molecule has 1 saturated carbocycles. The van der Waals surface area contributed by atoms with E-state index in [4.69, 9.17) is 0 Å². The number of carbonyl (C=O) groups is 2. The second-order valence-corrected chi connectivity index (χ2v) is 3.19. The maximum absolute atomic E-state index is 11.2. The average Bonchev–Trinajstić information content (AvgIpc) is 2.30. The zero-order valence-electron chi connectivity index (χ0n) is 6.67. The summed E-state index contributed by atoms with van der Waals surface area (Å²) in [6.07, 6.45) is 6.36. The Balaban J connectivity index is 2.72. The lowest BCUT2D eigenvalue weighted by atomic mass is 9.87. The smallest absolute Gasteiger partial charge is 0.142 e. The summed E-state index contributed by atoms with van der Waals surface area (Å²) < 4.78 is 0. The van der Waals surface area contributed by atoms with Gasteiger partial charge >= 0.3 is 0 Å². The van der Waals surface area contributed by atoms with Gasteiger partial charge in [0.1, 0.15) is 12.1 Å². The van der Waals surface area contributed by atoms with Crippen LogP contribution < -0.4 is 0 Å². The molecule has 0 saturated heterocycles. The van der Waals surface area contributed by atoms with Gasteiger partial charge in [-0.25, -0.2) is 0 Å².